The molecule has 2 heterocycles. The molecule has 1 aliphatic heterocycles. The zero-order valence-electron chi connectivity index (χ0n) is 19.1. The van der Waals surface area contributed by atoms with Crippen LogP contribution in [0.3, 0.4) is 0 Å². The molecule has 1 aromatic heterocycles. The third kappa shape index (κ3) is 6.01. The summed E-state index contributed by atoms with van der Waals surface area (Å²) in [7, 11) is 0. The minimum atomic E-state index is -0.212. The van der Waals surface area contributed by atoms with E-state index in [1.165, 1.54) is 30.7 Å². The number of carbonyl (C=O) groups excluding carboxylic acids is 2. The maximum Gasteiger partial charge on any atom is 0.257 e. The van der Waals surface area contributed by atoms with Gasteiger partial charge < -0.3 is 10.2 Å². The van der Waals surface area contributed by atoms with E-state index in [4.69, 9.17) is 0 Å². The van der Waals surface area contributed by atoms with E-state index in [-0.39, 0.29) is 18.2 Å². The summed E-state index contributed by atoms with van der Waals surface area (Å²) in [4.78, 5) is 34.3. The van der Waals surface area contributed by atoms with Crippen LogP contribution in [-0.4, -0.2) is 54.4 Å². The Morgan fingerprint density at radius 2 is 1.76 bits per heavy atom. The SMILES string of the molecule is O=C(Cc1csc(NC(=O)c2ccccc2)n1)Nc1cccc(N2CCN(CC3CC3)CC2)c1. The molecule has 5 rings (SSSR count). The molecular formula is C26H29N5O2S. The summed E-state index contributed by atoms with van der Waals surface area (Å²) in [5, 5.41) is 8.07. The van der Waals surface area contributed by atoms with Gasteiger partial charge in [-0.3, -0.25) is 19.8 Å². The highest BCUT2D eigenvalue weighted by Gasteiger charge is 2.26. The van der Waals surface area contributed by atoms with E-state index in [1.807, 2.05) is 36.4 Å². The molecule has 1 saturated heterocycles. The number of piperazine rings is 1. The molecule has 176 valence electrons. The second-order valence-corrected chi connectivity index (χ2v) is 9.83. The van der Waals surface area contributed by atoms with Crippen molar-refractivity contribution in [3.8, 4) is 0 Å². The second kappa shape index (κ2) is 10.4. The normalized spacial score (nSPS) is 16.3. The zero-order chi connectivity index (χ0) is 23.3. The number of nitrogens with zero attached hydrogens (tertiary/aromatic N) is 3. The fourth-order valence-corrected chi connectivity index (χ4v) is 4.91. The van der Waals surface area contributed by atoms with Gasteiger partial charge in [0.15, 0.2) is 5.13 Å². The molecule has 34 heavy (non-hydrogen) atoms. The highest BCUT2D eigenvalue weighted by Crippen LogP contribution is 2.30. The minimum Gasteiger partial charge on any atom is -0.369 e. The molecule has 7 nitrogen and oxygen atoms in total. The Morgan fingerprint density at radius 3 is 2.53 bits per heavy atom. The van der Waals surface area contributed by atoms with Crippen LogP contribution in [0.1, 0.15) is 28.9 Å². The van der Waals surface area contributed by atoms with E-state index in [9.17, 15) is 9.59 Å². The average molecular weight is 476 g/mol. The predicted molar refractivity (Wildman–Crippen MR) is 137 cm³/mol. The fourth-order valence-electron chi connectivity index (χ4n) is 4.21. The van der Waals surface area contributed by atoms with Gasteiger partial charge in [0.25, 0.3) is 5.91 Å². The summed E-state index contributed by atoms with van der Waals surface area (Å²) in [5.41, 5.74) is 3.13. The van der Waals surface area contributed by atoms with E-state index in [1.54, 1.807) is 17.5 Å². The highest BCUT2D eigenvalue weighted by atomic mass is 32.1. The number of thiazole rings is 1. The maximum atomic E-state index is 12.6. The lowest BCUT2D eigenvalue weighted by Crippen LogP contribution is -2.47. The first-order chi connectivity index (χ1) is 16.6. The summed E-state index contributed by atoms with van der Waals surface area (Å²) in [5.74, 6) is 0.591. The van der Waals surface area contributed by atoms with Crippen LogP contribution in [0.25, 0.3) is 0 Å². The number of nitrogens with one attached hydrogen (secondary N) is 2. The van der Waals surface area contributed by atoms with Crippen LogP contribution in [0.5, 0.6) is 0 Å². The number of carbonyl (C=O) groups is 2. The Balaban J connectivity index is 1.12. The first-order valence-corrected chi connectivity index (χ1v) is 12.7. The fraction of sp³-hybridized carbons (Fsp3) is 0.346. The van der Waals surface area contributed by atoms with Gasteiger partial charge in [-0.1, -0.05) is 24.3 Å². The summed E-state index contributed by atoms with van der Waals surface area (Å²) in [6, 6.07) is 17.0. The molecule has 3 aromatic rings. The van der Waals surface area contributed by atoms with Gasteiger partial charge in [-0.15, -0.1) is 11.3 Å². The van der Waals surface area contributed by atoms with Gasteiger partial charge in [0.05, 0.1) is 12.1 Å². The van der Waals surface area contributed by atoms with Crippen molar-refractivity contribution in [2.24, 2.45) is 5.92 Å². The Morgan fingerprint density at radius 1 is 0.971 bits per heavy atom. The molecule has 8 heteroatoms. The van der Waals surface area contributed by atoms with Gasteiger partial charge in [-0.2, -0.15) is 0 Å². The van der Waals surface area contributed by atoms with E-state index in [0.717, 1.165) is 43.5 Å². The largest absolute Gasteiger partial charge is 0.369 e. The van der Waals surface area contributed by atoms with Crippen LogP contribution in [-0.2, 0) is 11.2 Å². The van der Waals surface area contributed by atoms with E-state index >= 15 is 0 Å². The Kier molecular flexibility index (Phi) is 6.87. The highest BCUT2D eigenvalue weighted by molar-refractivity contribution is 7.14. The number of rotatable bonds is 8. The monoisotopic (exact) mass is 475 g/mol. The first kappa shape index (κ1) is 22.6. The third-order valence-electron chi connectivity index (χ3n) is 6.23. The summed E-state index contributed by atoms with van der Waals surface area (Å²) in [6.45, 7) is 5.47. The minimum absolute atomic E-state index is 0.127. The lowest BCUT2D eigenvalue weighted by Gasteiger charge is -2.36. The van der Waals surface area contributed by atoms with Gasteiger partial charge in [-0.05, 0) is 49.1 Å². The van der Waals surface area contributed by atoms with E-state index in [0.29, 0.717) is 16.4 Å². The van der Waals surface area contributed by atoms with Crippen molar-refractivity contribution in [3.63, 3.8) is 0 Å². The topological polar surface area (TPSA) is 77.6 Å². The van der Waals surface area contributed by atoms with Crippen molar-refractivity contribution in [2.45, 2.75) is 19.3 Å². The molecule has 1 aliphatic carbocycles. The number of hydrogen-bond donors (Lipinski definition) is 2. The Labute approximate surface area is 203 Å². The van der Waals surface area contributed by atoms with Crippen molar-refractivity contribution in [2.75, 3.05) is 48.3 Å². The van der Waals surface area contributed by atoms with Gasteiger partial charge in [0, 0.05) is 55.0 Å². The third-order valence-corrected chi connectivity index (χ3v) is 7.04. The molecule has 2 amide bonds. The van der Waals surface area contributed by atoms with Crippen LogP contribution in [0.15, 0.2) is 60.0 Å². The van der Waals surface area contributed by atoms with Crippen molar-refractivity contribution in [3.05, 3.63) is 71.2 Å². The number of anilines is 3. The Bertz CT molecular complexity index is 1140. The summed E-state index contributed by atoms with van der Waals surface area (Å²) < 4.78 is 0. The molecule has 0 atom stereocenters. The molecule has 2 aromatic carbocycles. The standard InChI is InChI=1S/C26H29N5O2S/c32-24(16-22-18-34-26(28-22)29-25(33)20-5-2-1-3-6-20)27-21-7-4-8-23(15-21)31-13-11-30(12-14-31)17-19-9-10-19/h1-8,15,18-19H,9-14,16-17H2,(H,27,32)(H,28,29,33). The molecular weight excluding hydrogens is 446 g/mol. The van der Waals surface area contributed by atoms with Crippen molar-refractivity contribution in [1.82, 2.24) is 9.88 Å². The van der Waals surface area contributed by atoms with Gasteiger partial charge in [0.2, 0.25) is 5.91 Å². The molecule has 0 spiro atoms. The predicted octanol–water partition coefficient (Wildman–Crippen LogP) is 4.11. The second-order valence-electron chi connectivity index (χ2n) is 8.97. The molecule has 0 radical (unpaired) electrons. The number of aromatic nitrogens is 1. The van der Waals surface area contributed by atoms with Crippen molar-refractivity contribution < 1.29 is 9.59 Å². The van der Waals surface area contributed by atoms with Crippen molar-refractivity contribution in [1.29, 1.82) is 0 Å². The van der Waals surface area contributed by atoms with Crippen LogP contribution < -0.4 is 15.5 Å². The van der Waals surface area contributed by atoms with Crippen LogP contribution >= 0.6 is 11.3 Å². The average Bonchev–Trinajstić information content (AvgIpc) is 3.57. The van der Waals surface area contributed by atoms with E-state index in [2.05, 4.69) is 31.5 Å². The molecule has 2 fully saturated rings. The van der Waals surface area contributed by atoms with Gasteiger partial charge in [-0.25, -0.2) is 4.98 Å². The summed E-state index contributed by atoms with van der Waals surface area (Å²) >= 11 is 1.32. The Hall–Kier alpha value is -3.23. The summed E-state index contributed by atoms with van der Waals surface area (Å²) in [6.07, 6.45) is 2.95. The molecule has 0 unspecified atom stereocenters. The maximum absolute atomic E-state index is 12.6. The van der Waals surface area contributed by atoms with E-state index < -0.39 is 0 Å². The number of hydrogen-bond acceptors (Lipinski definition) is 6. The smallest absolute Gasteiger partial charge is 0.257 e. The van der Waals surface area contributed by atoms with Crippen LogP contribution in [0.2, 0.25) is 0 Å². The molecule has 2 N–H and O–H groups in total. The zero-order valence-corrected chi connectivity index (χ0v) is 19.9. The first-order valence-electron chi connectivity index (χ1n) is 11.8. The van der Waals surface area contributed by atoms with Crippen LogP contribution in [0, 0.1) is 5.92 Å². The lowest BCUT2D eigenvalue weighted by atomic mass is 10.2. The van der Waals surface area contributed by atoms with Gasteiger partial charge >= 0.3 is 0 Å². The molecule has 2 aliphatic rings. The van der Waals surface area contributed by atoms with Crippen LogP contribution in [0.4, 0.5) is 16.5 Å². The quantitative estimate of drug-likeness (QED) is 0.513. The molecule has 1 saturated carbocycles. The molecule has 0 bridgehead atoms. The van der Waals surface area contributed by atoms with Gasteiger partial charge in [0.1, 0.15) is 0 Å². The number of benzene rings is 2. The van der Waals surface area contributed by atoms with Crippen molar-refractivity contribution >= 4 is 39.7 Å². The lowest BCUT2D eigenvalue weighted by molar-refractivity contribution is -0.115. The number of amides is 2.